The molecular weight excluding hydrogens is 329 g/mol. The topological polar surface area (TPSA) is 94.1 Å². The van der Waals surface area contributed by atoms with E-state index in [4.69, 9.17) is 10.00 Å². The number of hydrogen-bond acceptors (Lipinski definition) is 5. The largest absolute Gasteiger partial charge is 0.459 e. The van der Waals surface area contributed by atoms with E-state index in [1.54, 1.807) is 26.8 Å². The van der Waals surface area contributed by atoms with Crippen LogP contribution in [0.15, 0.2) is 27.8 Å². The number of nitriles is 1. The predicted molar refractivity (Wildman–Crippen MR) is 87.2 cm³/mol. The van der Waals surface area contributed by atoms with Crippen molar-refractivity contribution in [3.8, 4) is 11.8 Å². The molecule has 1 heterocycles. The third-order valence-corrected chi connectivity index (χ3v) is 3.57. The lowest BCUT2D eigenvalue weighted by molar-refractivity contribution is 0.0377. The highest BCUT2D eigenvalue weighted by Crippen LogP contribution is 2.19. The number of benzene rings is 1. The fourth-order valence-corrected chi connectivity index (χ4v) is 2.23. The molecule has 0 aliphatic heterocycles. The van der Waals surface area contributed by atoms with Crippen LogP contribution in [0.2, 0.25) is 0 Å². The van der Waals surface area contributed by atoms with Crippen LogP contribution in [-0.4, -0.2) is 21.2 Å². The first-order valence-electron chi connectivity index (χ1n) is 7.42. The van der Waals surface area contributed by atoms with Crippen LogP contribution in [0.1, 0.15) is 35.5 Å². The van der Waals surface area contributed by atoms with Crippen molar-refractivity contribution >= 4 is 5.97 Å². The Morgan fingerprint density at radius 1 is 1.28 bits per heavy atom. The molecule has 25 heavy (non-hydrogen) atoms. The second-order valence-corrected chi connectivity index (χ2v) is 5.72. The van der Waals surface area contributed by atoms with Gasteiger partial charge in [0.2, 0.25) is 0 Å². The second-order valence-electron chi connectivity index (χ2n) is 5.72. The number of aryl methyl sites for hydroxylation is 1. The zero-order chi connectivity index (χ0) is 18.9. The Morgan fingerprint density at radius 3 is 2.48 bits per heavy atom. The maximum absolute atomic E-state index is 14.4. The van der Waals surface area contributed by atoms with Crippen molar-refractivity contribution < 1.29 is 13.9 Å². The summed E-state index contributed by atoms with van der Waals surface area (Å²) in [4.78, 5) is 36.7. The van der Waals surface area contributed by atoms with Gasteiger partial charge in [0.05, 0.1) is 22.9 Å². The molecule has 0 bridgehead atoms. The Labute approximate surface area is 142 Å². The van der Waals surface area contributed by atoms with Crippen molar-refractivity contribution in [2.24, 2.45) is 7.05 Å². The van der Waals surface area contributed by atoms with Gasteiger partial charge in [-0.2, -0.15) is 5.26 Å². The van der Waals surface area contributed by atoms with Crippen molar-refractivity contribution in [3.63, 3.8) is 0 Å². The first-order valence-corrected chi connectivity index (χ1v) is 7.42. The minimum atomic E-state index is -0.972. The fraction of sp³-hybridized carbons (Fsp3) is 0.294. The molecule has 2 rings (SSSR count). The molecule has 7 nitrogen and oxygen atoms in total. The normalized spacial score (nSPS) is 10.6. The summed E-state index contributed by atoms with van der Waals surface area (Å²) in [6, 6.07) is 4.67. The number of halogens is 1. The number of esters is 1. The summed E-state index contributed by atoms with van der Waals surface area (Å²) in [6.07, 6.45) is -0.456. The fourth-order valence-electron chi connectivity index (χ4n) is 2.23. The molecule has 8 heteroatoms. The first-order chi connectivity index (χ1) is 11.7. The van der Waals surface area contributed by atoms with Crippen LogP contribution in [0.3, 0.4) is 0 Å². The number of carbonyl (C=O) groups is 1. The average Bonchev–Trinajstić information content (AvgIpc) is 2.53. The number of rotatable bonds is 3. The number of ether oxygens (including phenoxy) is 1. The molecule has 0 fully saturated rings. The Morgan fingerprint density at radius 2 is 1.92 bits per heavy atom. The van der Waals surface area contributed by atoms with Crippen LogP contribution >= 0.6 is 0 Å². The van der Waals surface area contributed by atoms with Gasteiger partial charge in [0, 0.05) is 18.8 Å². The Bertz CT molecular complexity index is 1010. The summed E-state index contributed by atoms with van der Waals surface area (Å²) < 4.78 is 21.2. The SMILES string of the molecule is Cc1cc(=O)n(-c2cc(C(=O)OC(C)C)c(C#N)cc2F)c(=O)n1C. The Balaban J connectivity index is 2.80. The van der Waals surface area contributed by atoms with E-state index in [1.807, 2.05) is 0 Å². The van der Waals surface area contributed by atoms with Crippen molar-refractivity contribution in [1.82, 2.24) is 9.13 Å². The van der Waals surface area contributed by atoms with Crippen LogP contribution in [0.4, 0.5) is 4.39 Å². The molecule has 0 radical (unpaired) electrons. The summed E-state index contributed by atoms with van der Waals surface area (Å²) in [7, 11) is 1.43. The van der Waals surface area contributed by atoms with Gasteiger partial charge in [-0.1, -0.05) is 0 Å². The number of aromatic nitrogens is 2. The molecule has 0 spiro atoms. The van der Waals surface area contributed by atoms with Crippen LogP contribution in [-0.2, 0) is 11.8 Å². The molecule has 0 saturated carbocycles. The van der Waals surface area contributed by atoms with Gasteiger partial charge in [-0.25, -0.2) is 18.5 Å². The van der Waals surface area contributed by atoms with E-state index in [9.17, 15) is 18.8 Å². The Hall–Kier alpha value is -3.21. The van der Waals surface area contributed by atoms with Crippen LogP contribution in [0.25, 0.3) is 5.69 Å². The van der Waals surface area contributed by atoms with Gasteiger partial charge in [0.15, 0.2) is 0 Å². The quantitative estimate of drug-likeness (QED) is 0.784. The van der Waals surface area contributed by atoms with Crippen LogP contribution in [0.5, 0.6) is 0 Å². The van der Waals surface area contributed by atoms with E-state index in [2.05, 4.69) is 0 Å². The van der Waals surface area contributed by atoms with Crippen molar-refractivity contribution in [2.75, 3.05) is 0 Å². The summed E-state index contributed by atoms with van der Waals surface area (Å²) >= 11 is 0. The van der Waals surface area contributed by atoms with E-state index >= 15 is 0 Å². The van der Waals surface area contributed by atoms with Gasteiger partial charge >= 0.3 is 11.7 Å². The first kappa shape index (κ1) is 18.1. The predicted octanol–water partition coefficient (Wildman–Crippen LogP) is 1.42. The van der Waals surface area contributed by atoms with Crippen LogP contribution < -0.4 is 11.2 Å². The smallest absolute Gasteiger partial charge is 0.339 e. The monoisotopic (exact) mass is 345 g/mol. The highest BCUT2D eigenvalue weighted by atomic mass is 19.1. The van der Waals surface area contributed by atoms with E-state index in [1.165, 1.54) is 17.7 Å². The molecule has 1 aromatic heterocycles. The standard InChI is InChI=1S/C17H16FN3O4/c1-9(2)25-16(23)12-7-14(13(18)6-11(12)8-19)21-15(22)5-10(3)20(4)17(21)24/h5-7,9H,1-4H3. The summed E-state index contributed by atoms with van der Waals surface area (Å²) in [5.74, 6) is -1.81. The average molecular weight is 345 g/mol. The highest BCUT2D eigenvalue weighted by molar-refractivity contribution is 5.93. The van der Waals surface area contributed by atoms with Crippen molar-refractivity contribution in [1.29, 1.82) is 5.26 Å². The Kier molecular flexibility index (Phi) is 4.88. The number of nitrogens with zero attached hydrogens (tertiary/aromatic N) is 3. The molecule has 130 valence electrons. The lowest BCUT2D eigenvalue weighted by atomic mass is 10.1. The van der Waals surface area contributed by atoms with Crippen molar-refractivity contribution in [2.45, 2.75) is 26.9 Å². The highest BCUT2D eigenvalue weighted by Gasteiger charge is 2.21. The molecule has 0 aliphatic rings. The maximum Gasteiger partial charge on any atom is 0.339 e. The van der Waals surface area contributed by atoms with E-state index in [0.717, 1.165) is 12.1 Å². The summed E-state index contributed by atoms with van der Waals surface area (Å²) in [5.41, 5.74) is -1.99. The third kappa shape index (κ3) is 3.35. The molecule has 0 N–H and O–H groups in total. The molecule has 0 atom stereocenters. The van der Waals surface area contributed by atoms with Gasteiger partial charge < -0.3 is 9.30 Å². The zero-order valence-corrected chi connectivity index (χ0v) is 14.2. The van der Waals surface area contributed by atoms with E-state index in [-0.39, 0.29) is 11.1 Å². The third-order valence-electron chi connectivity index (χ3n) is 3.57. The minimum absolute atomic E-state index is 0.220. The van der Waals surface area contributed by atoms with E-state index < -0.39 is 34.8 Å². The molecule has 2 aromatic rings. The van der Waals surface area contributed by atoms with Crippen molar-refractivity contribution in [3.05, 3.63) is 61.7 Å². The zero-order valence-electron chi connectivity index (χ0n) is 14.2. The van der Waals surface area contributed by atoms with Gasteiger partial charge in [-0.3, -0.25) is 4.79 Å². The van der Waals surface area contributed by atoms with Gasteiger partial charge in [0.25, 0.3) is 5.56 Å². The molecule has 0 saturated heterocycles. The van der Waals surface area contributed by atoms with Gasteiger partial charge in [0.1, 0.15) is 11.9 Å². The van der Waals surface area contributed by atoms with E-state index in [0.29, 0.717) is 10.3 Å². The van der Waals surface area contributed by atoms with Gasteiger partial charge in [-0.05, 0) is 32.9 Å². The lowest BCUT2D eigenvalue weighted by Gasteiger charge is -2.13. The lowest BCUT2D eigenvalue weighted by Crippen LogP contribution is -2.38. The van der Waals surface area contributed by atoms with Gasteiger partial charge in [-0.15, -0.1) is 0 Å². The number of carbonyl (C=O) groups excluding carboxylic acids is 1. The summed E-state index contributed by atoms with van der Waals surface area (Å²) in [5, 5.41) is 9.12. The number of hydrogen-bond donors (Lipinski definition) is 0. The molecule has 0 amide bonds. The molecule has 0 aliphatic carbocycles. The summed E-state index contributed by atoms with van der Waals surface area (Å²) in [6.45, 7) is 4.80. The molecule has 0 unspecified atom stereocenters. The molecule has 1 aromatic carbocycles. The minimum Gasteiger partial charge on any atom is -0.459 e. The second kappa shape index (κ2) is 6.73. The molecular formula is C17H16FN3O4. The maximum atomic E-state index is 14.4. The van der Waals surface area contributed by atoms with Crippen LogP contribution in [0, 0.1) is 24.1 Å².